The molecule has 0 saturated carbocycles. The second kappa shape index (κ2) is 10.4. The number of hydrogen-bond donors (Lipinski definition) is 1. The molecule has 0 aliphatic rings. The van der Waals surface area contributed by atoms with Crippen LogP contribution in [0.15, 0.2) is 24.5 Å². The van der Waals surface area contributed by atoms with E-state index in [1.807, 2.05) is 12.3 Å². The van der Waals surface area contributed by atoms with Crippen LogP contribution in [0.4, 0.5) is 0 Å². The van der Waals surface area contributed by atoms with Gasteiger partial charge in [0, 0.05) is 18.8 Å². The smallest absolute Gasteiger partial charge is 0.305 e. The number of hydrogen-bond acceptors (Lipinski definition) is 4. The summed E-state index contributed by atoms with van der Waals surface area (Å²) in [5.41, 5.74) is 6.87. The van der Waals surface area contributed by atoms with Gasteiger partial charge in [-0.05, 0) is 62.6 Å². The first-order valence-electron chi connectivity index (χ1n) is 7.42. The largest absolute Gasteiger partial charge is 0.469 e. The van der Waals surface area contributed by atoms with E-state index in [9.17, 15) is 4.79 Å². The number of carbonyl (C=O) groups is 1. The van der Waals surface area contributed by atoms with E-state index in [2.05, 4.69) is 15.8 Å². The van der Waals surface area contributed by atoms with Crippen LogP contribution in [-0.4, -0.2) is 24.6 Å². The summed E-state index contributed by atoms with van der Waals surface area (Å²) in [6.07, 6.45) is 10.6. The maximum absolute atomic E-state index is 11.1. The van der Waals surface area contributed by atoms with Crippen LogP contribution in [0.2, 0.25) is 0 Å². The highest BCUT2D eigenvalue weighted by Gasteiger charge is 2.10. The van der Waals surface area contributed by atoms with Gasteiger partial charge in [0.2, 0.25) is 0 Å². The van der Waals surface area contributed by atoms with Crippen LogP contribution >= 0.6 is 0 Å². The van der Waals surface area contributed by atoms with E-state index < -0.39 is 0 Å². The molecule has 0 amide bonds. The van der Waals surface area contributed by atoms with Gasteiger partial charge >= 0.3 is 5.97 Å². The molecule has 1 heterocycles. The highest BCUT2D eigenvalue weighted by molar-refractivity contribution is 5.68. The van der Waals surface area contributed by atoms with Gasteiger partial charge in [-0.3, -0.25) is 9.78 Å². The van der Waals surface area contributed by atoms with Crippen molar-refractivity contribution in [3.05, 3.63) is 30.1 Å². The third-order valence-corrected chi connectivity index (χ3v) is 3.60. The zero-order valence-electron chi connectivity index (χ0n) is 12.4. The number of aryl methyl sites for hydroxylation is 1. The van der Waals surface area contributed by atoms with Crippen LogP contribution in [0.5, 0.6) is 0 Å². The van der Waals surface area contributed by atoms with Crippen molar-refractivity contribution in [2.75, 3.05) is 13.7 Å². The zero-order valence-corrected chi connectivity index (χ0v) is 12.4. The van der Waals surface area contributed by atoms with Crippen molar-refractivity contribution in [1.82, 2.24) is 4.98 Å². The number of carbonyl (C=O) groups excluding carboxylic acids is 1. The third-order valence-electron chi connectivity index (χ3n) is 3.60. The first-order chi connectivity index (χ1) is 9.76. The van der Waals surface area contributed by atoms with E-state index in [1.165, 1.54) is 12.7 Å². The summed E-state index contributed by atoms with van der Waals surface area (Å²) in [6.45, 7) is 0.737. The van der Waals surface area contributed by atoms with Gasteiger partial charge in [0.25, 0.3) is 0 Å². The van der Waals surface area contributed by atoms with Crippen molar-refractivity contribution in [2.24, 2.45) is 11.7 Å². The number of ether oxygens (including phenoxy) is 1. The van der Waals surface area contributed by atoms with Crippen LogP contribution in [0, 0.1) is 5.92 Å². The van der Waals surface area contributed by atoms with Crippen LogP contribution in [-0.2, 0) is 16.0 Å². The highest BCUT2D eigenvalue weighted by Crippen LogP contribution is 2.21. The number of rotatable bonds is 10. The quantitative estimate of drug-likeness (QED) is 0.668. The fourth-order valence-corrected chi connectivity index (χ4v) is 2.39. The molecule has 0 spiro atoms. The minimum absolute atomic E-state index is 0.116. The molecular weight excluding hydrogens is 252 g/mol. The van der Waals surface area contributed by atoms with E-state index in [-0.39, 0.29) is 5.97 Å². The Hall–Kier alpha value is -1.42. The number of pyridine rings is 1. The number of nitrogens with zero attached hydrogens (tertiary/aromatic N) is 1. The molecule has 0 aromatic carbocycles. The second-order valence-corrected chi connectivity index (χ2v) is 5.17. The Kier molecular flexibility index (Phi) is 8.63. The fraction of sp³-hybridized carbons (Fsp3) is 0.625. The van der Waals surface area contributed by atoms with Crippen molar-refractivity contribution >= 4 is 5.97 Å². The molecule has 0 bridgehead atoms. The predicted octanol–water partition coefficient (Wildman–Crippen LogP) is 2.71. The summed E-state index contributed by atoms with van der Waals surface area (Å²) < 4.78 is 4.68. The number of esters is 1. The maximum atomic E-state index is 11.1. The first kappa shape index (κ1) is 16.6. The van der Waals surface area contributed by atoms with E-state index in [0.717, 1.165) is 45.1 Å². The molecule has 1 unspecified atom stereocenters. The minimum atomic E-state index is -0.116. The molecule has 0 aliphatic carbocycles. The summed E-state index contributed by atoms with van der Waals surface area (Å²) in [5.74, 6) is 0.512. The number of methoxy groups -OCH3 is 1. The van der Waals surface area contributed by atoms with E-state index >= 15 is 0 Å². The summed E-state index contributed by atoms with van der Waals surface area (Å²) in [4.78, 5) is 15.3. The normalized spacial score (nSPS) is 12.1. The fourth-order valence-electron chi connectivity index (χ4n) is 2.39. The van der Waals surface area contributed by atoms with E-state index in [0.29, 0.717) is 12.3 Å². The van der Waals surface area contributed by atoms with E-state index in [4.69, 9.17) is 5.73 Å². The van der Waals surface area contributed by atoms with Crippen LogP contribution in [0.25, 0.3) is 0 Å². The Morgan fingerprint density at radius 2 is 2.15 bits per heavy atom. The molecule has 1 aromatic heterocycles. The standard InChI is InChI=1S/C16H26N2O2/c1-20-16(19)8-2-5-14(6-3-11-17)9-10-15-7-4-12-18-13-15/h4,7,12-14H,2-3,5-6,8-11,17H2,1H3. The molecular formula is C16H26N2O2. The summed E-state index contributed by atoms with van der Waals surface area (Å²) in [5, 5.41) is 0. The third kappa shape index (κ3) is 7.24. The van der Waals surface area contributed by atoms with Gasteiger partial charge in [0.15, 0.2) is 0 Å². The van der Waals surface area contributed by atoms with Gasteiger partial charge in [-0.25, -0.2) is 0 Å². The Balaban J connectivity index is 2.33. The Labute approximate surface area is 121 Å². The molecule has 20 heavy (non-hydrogen) atoms. The topological polar surface area (TPSA) is 65.2 Å². The zero-order chi connectivity index (χ0) is 14.6. The Bertz CT molecular complexity index is 368. The van der Waals surface area contributed by atoms with Crippen LogP contribution in [0.3, 0.4) is 0 Å². The lowest BCUT2D eigenvalue weighted by atomic mass is 9.91. The molecule has 0 aliphatic heterocycles. The van der Waals surface area contributed by atoms with Crippen LogP contribution in [0.1, 0.15) is 44.1 Å². The molecule has 4 heteroatoms. The SMILES string of the molecule is COC(=O)CCCC(CCCN)CCc1cccnc1. The van der Waals surface area contributed by atoms with Crippen molar-refractivity contribution < 1.29 is 9.53 Å². The lowest BCUT2D eigenvalue weighted by molar-refractivity contribution is -0.140. The predicted molar refractivity (Wildman–Crippen MR) is 80.2 cm³/mol. The molecule has 4 nitrogen and oxygen atoms in total. The molecule has 0 fully saturated rings. The first-order valence-corrected chi connectivity index (χ1v) is 7.42. The summed E-state index contributed by atoms with van der Waals surface area (Å²) in [7, 11) is 1.44. The minimum Gasteiger partial charge on any atom is -0.469 e. The molecule has 0 saturated heterocycles. The van der Waals surface area contributed by atoms with Crippen molar-refractivity contribution in [1.29, 1.82) is 0 Å². The Morgan fingerprint density at radius 3 is 2.80 bits per heavy atom. The average Bonchev–Trinajstić information content (AvgIpc) is 2.50. The van der Waals surface area contributed by atoms with Gasteiger partial charge in [0.1, 0.15) is 0 Å². The monoisotopic (exact) mass is 278 g/mol. The van der Waals surface area contributed by atoms with Crippen molar-refractivity contribution in [3.63, 3.8) is 0 Å². The molecule has 1 atom stereocenters. The average molecular weight is 278 g/mol. The number of aromatic nitrogens is 1. The molecule has 1 aromatic rings. The summed E-state index contributed by atoms with van der Waals surface area (Å²) >= 11 is 0. The lowest BCUT2D eigenvalue weighted by Gasteiger charge is -2.16. The van der Waals surface area contributed by atoms with Crippen LogP contribution < -0.4 is 5.73 Å². The van der Waals surface area contributed by atoms with Gasteiger partial charge in [0.05, 0.1) is 7.11 Å². The second-order valence-electron chi connectivity index (χ2n) is 5.17. The van der Waals surface area contributed by atoms with Gasteiger partial charge in [-0.2, -0.15) is 0 Å². The van der Waals surface area contributed by atoms with Crippen molar-refractivity contribution in [2.45, 2.75) is 44.9 Å². The molecule has 112 valence electrons. The molecule has 0 radical (unpaired) electrons. The van der Waals surface area contributed by atoms with Gasteiger partial charge in [-0.1, -0.05) is 6.07 Å². The van der Waals surface area contributed by atoms with Gasteiger partial charge in [-0.15, -0.1) is 0 Å². The lowest BCUT2D eigenvalue weighted by Crippen LogP contribution is -2.08. The van der Waals surface area contributed by atoms with Crippen molar-refractivity contribution in [3.8, 4) is 0 Å². The van der Waals surface area contributed by atoms with Gasteiger partial charge < -0.3 is 10.5 Å². The maximum Gasteiger partial charge on any atom is 0.305 e. The molecule has 1 rings (SSSR count). The summed E-state index contributed by atoms with van der Waals surface area (Å²) in [6, 6.07) is 4.09. The number of nitrogens with two attached hydrogens (primary N) is 1. The van der Waals surface area contributed by atoms with E-state index in [1.54, 1.807) is 6.20 Å². The Morgan fingerprint density at radius 1 is 1.35 bits per heavy atom. The highest BCUT2D eigenvalue weighted by atomic mass is 16.5. The molecule has 2 N–H and O–H groups in total.